The minimum absolute atomic E-state index is 0.00817. The number of rotatable bonds is 3. The summed E-state index contributed by atoms with van der Waals surface area (Å²) in [5.41, 5.74) is -0.280. The van der Waals surface area contributed by atoms with E-state index in [1.54, 1.807) is 0 Å². The van der Waals surface area contributed by atoms with E-state index in [1.807, 2.05) is 6.92 Å². The standard InChI is InChI=1S/C12H15ClN2O4S/c1-9-3-2-6-14(8-9)20(18,19)12-7-10(15(16)17)4-5-11(12)13/h4-5,7,9H,2-3,6,8H2,1H3/t9-/m1/s1. The summed E-state index contributed by atoms with van der Waals surface area (Å²) in [7, 11) is -3.78. The number of nitro benzene ring substituents is 1. The molecule has 1 aliphatic heterocycles. The molecule has 20 heavy (non-hydrogen) atoms. The van der Waals surface area contributed by atoms with Gasteiger partial charge in [-0.05, 0) is 24.8 Å². The van der Waals surface area contributed by atoms with Gasteiger partial charge in [0.05, 0.1) is 9.95 Å². The molecule has 1 saturated heterocycles. The van der Waals surface area contributed by atoms with Crippen LogP contribution < -0.4 is 0 Å². The normalized spacial score (nSPS) is 20.8. The lowest BCUT2D eigenvalue weighted by Crippen LogP contribution is -2.39. The number of hydrogen-bond donors (Lipinski definition) is 0. The van der Waals surface area contributed by atoms with Crippen LogP contribution in [0, 0.1) is 16.0 Å². The molecule has 0 spiro atoms. The molecule has 8 heteroatoms. The predicted octanol–water partition coefficient (Wildman–Crippen LogP) is 2.67. The van der Waals surface area contributed by atoms with Crippen LogP contribution in [0.3, 0.4) is 0 Å². The Balaban J connectivity index is 2.43. The maximum absolute atomic E-state index is 12.5. The van der Waals surface area contributed by atoms with Crippen LogP contribution in [0.5, 0.6) is 0 Å². The zero-order valence-electron chi connectivity index (χ0n) is 11.0. The van der Waals surface area contributed by atoms with E-state index in [1.165, 1.54) is 16.4 Å². The fourth-order valence-electron chi connectivity index (χ4n) is 2.31. The summed E-state index contributed by atoms with van der Waals surface area (Å²) in [6, 6.07) is 3.47. The number of sulfonamides is 1. The van der Waals surface area contributed by atoms with Crippen LogP contribution in [0.1, 0.15) is 19.8 Å². The molecule has 0 N–H and O–H groups in total. The van der Waals surface area contributed by atoms with Crippen molar-refractivity contribution in [1.29, 1.82) is 0 Å². The number of non-ortho nitro benzene ring substituents is 1. The molecular weight excluding hydrogens is 304 g/mol. The average molecular weight is 319 g/mol. The zero-order chi connectivity index (χ0) is 14.9. The highest BCUT2D eigenvalue weighted by atomic mass is 35.5. The van der Waals surface area contributed by atoms with Crippen LogP contribution in [0.2, 0.25) is 5.02 Å². The lowest BCUT2D eigenvalue weighted by molar-refractivity contribution is -0.385. The van der Waals surface area contributed by atoms with Gasteiger partial charge in [-0.2, -0.15) is 4.31 Å². The molecule has 2 rings (SSSR count). The second-order valence-electron chi connectivity index (χ2n) is 4.98. The first-order chi connectivity index (χ1) is 9.32. The minimum atomic E-state index is -3.78. The Labute approximate surface area is 122 Å². The van der Waals surface area contributed by atoms with E-state index in [9.17, 15) is 18.5 Å². The van der Waals surface area contributed by atoms with Crippen molar-refractivity contribution in [2.75, 3.05) is 13.1 Å². The Morgan fingerprint density at radius 1 is 1.45 bits per heavy atom. The van der Waals surface area contributed by atoms with E-state index in [0.717, 1.165) is 18.9 Å². The van der Waals surface area contributed by atoms with Gasteiger partial charge in [0.15, 0.2) is 0 Å². The predicted molar refractivity (Wildman–Crippen MR) is 75.3 cm³/mol. The van der Waals surface area contributed by atoms with E-state index >= 15 is 0 Å². The summed E-state index contributed by atoms with van der Waals surface area (Å²) >= 11 is 5.91. The number of piperidine rings is 1. The Bertz CT molecular complexity index is 632. The molecule has 1 fully saturated rings. The second kappa shape index (κ2) is 5.67. The quantitative estimate of drug-likeness (QED) is 0.634. The number of nitro groups is 1. The molecule has 0 radical (unpaired) electrons. The van der Waals surface area contributed by atoms with Crippen LogP contribution in [-0.2, 0) is 10.0 Å². The van der Waals surface area contributed by atoms with E-state index < -0.39 is 14.9 Å². The van der Waals surface area contributed by atoms with Crippen molar-refractivity contribution in [3.05, 3.63) is 33.3 Å². The van der Waals surface area contributed by atoms with Gasteiger partial charge in [-0.1, -0.05) is 18.5 Å². The van der Waals surface area contributed by atoms with Gasteiger partial charge in [0, 0.05) is 25.2 Å². The number of hydrogen-bond acceptors (Lipinski definition) is 4. The molecule has 0 unspecified atom stereocenters. The summed E-state index contributed by atoms with van der Waals surface area (Å²) < 4.78 is 26.4. The Hall–Kier alpha value is -1.18. The maximum atomic E-state index is 12.5. The number of benzene rings is 1. The maximum Gasteiger partial charge on any atom is 0.270 e. The van der Waals surface area contributed by atoms with Crippen molar-refractivity contribution >= 4 is 27.3 Å². The van der Waals surface area contributed by atoms with Crippen molar-refractivity contribution in [2.24, 2.45) is 5.92 Å². The highest BCUT2D eigenvalue weighted by molar-refractivity contribution is 7.89. The summed E-state index contributed by atoms with van der Waals surface area (Å²) in [6.45, 7) is 2.82. The van der Waals surface area contributed by atoms with Gasteiger partial charge in [-0.3, -0.25) is 10.1 Å². The van der Waals surface area contributed by atoms with Crippen molar-refractivity contribution in [3.8, 4) is 0 Å². The zero-order valence-corrected chi connectivity index (χ0v) is 12.5. The molecule has 1 heterocycles. The van der Waals surface area contributed by atoms with Crippen molar-refractivity contribution in [1.82, 2.24) is 4.31 Å². The molecule has 0 saturated carbocycles. The van der Waals surface area contributed by atoms with Gasteiger partial charge in [-0.15, -0.1) is 0 Å². The first-order valence-electron chi connectivity index (χ1n) is 6.26. The number of nitrogens with zero attached hydrogens (tertiary/aromatic N) is 2. The van der Waals surface area contributed by atoms with Crippen LogP contribution in [0.25, 0.3) is 0 Å². The molecule has 0 aliphatic carbocycles. The van der Waals surface area contributed by atoms with Crippen LogP contribution >= 0.6 is 11.6 Å². The van der Waals surface area contributed by atoms with Gasteiger partial charge >= 0.3 is 0 Å². The molecule has 1 aliphatic rings. The summed E-state index contributed by atoms with van der Waals surface area (Å²) in [4.78, 5) is 9.95. The van der Waals surface area contributed by atoms with Crippen LogP contribution in [0.4, 0.5) is 5.69 Å². The minimum Gasteiger partial charge on any atom is -0.258 e. The second-order valence-corrected chi connectivity index (χ2v) is 7.30. The third-order valence-electron chi connectivity index (χ3n) is 3.36. The molecule has 0 amide bonds. The molecule has 1 aromatic rings. The number of halogens is 1. The van der Waals surface area contributed by atoms with Crippen LogP contribution in [-0.4, -0.2) is 30.7 Å². The molecule has 110 valence electrons. The van der Waals surface area contributed by atoms with Gasteiger partial charge in [-0.25, -0.2) is 8.42 Å². The topological polar surface area (TPSA) is 80.5 Å². The largest absolute Gasteiger partial charge is 0.270 e. The van der Waals surface area contributed by atoms with Gasteiger partial charge in [0.1, 0.15) is 4.90 Å². The third kappa shape index (κ3) is 2.94. The summed E-state index contributed by atoms with van der Waals surface area (Å²) in [6.07, 6.45) is 1.77. The lowest BCUT2D eigenvalue weighted by atomic mass is 10.0. The lowest BCUT2D eigenvalue weighted by Gasteiger charge is -2.30. The molecule has 6 nitrogen and oxygen atoms in total. The average Bonchev–Trinajstić information content (AvgIpc) is 2.38. The first-order valence-corrected chi connectivity index (χ1v) is 8.08. The molecular formula is C12H15ClN2O4S. The third-order valence-corrected chi connectivity index (χ3v) is 5.71. The van der Waals surface area contributed by atoms with E-state index in [4.69, 9.17) is 11.6 Å². The SMILES string of the molecule is C[C@@H]1CCCN(S(=O)(=O)c2cc([N+](=O)[O-])ccc2Cl)C1. The molecule has 1 atom stereocenters. The summed E-state index contributed by atoms with van der Waals surface area (Å²) in [5.74, 6) is 0.274. The van der Waals surface area contributed by atoms with Gasteiger partial charge < -0.3 is 0 Å². The van der Waals surface area contributed by atoms with Gasteiger partial charge in [0.25, 0.3) is 5.69 Å². The fraction of sp³-hybridized carbons (Fsp3) is 0.500. The van der Waals surface area contributed by atoms with Gasteiger partial charge in [0.2, 0.25) is 10.0 Å². The summed E-state index contributed by atoms with van der Waals surface area (Å²) in [5, 5.41) is 10.8. The Morgan fingerprint density at radius 2 is 2.15 bits per heavy atom. The van der Waals surface area contributed by atoms with E-state index in [0.29, 0.717) is 13.1 Å². The molecule has 0 bridgehead atoms. The van der Waals surface area contributed by atoms with E-state index in [-0.39, 0.29) is 21.5 Å². The van der Waals surface area contributed by atoms with Crippen molar-refractivity contribution in [2.45, 2.75) is 24.7 Å². The highest BCUT2D eigenvalue weighted by Gasteiger charge is 2.31. The highest BCUT2D eigenvalue weighted by Crippen LogP contribution is 2.30. The fourth-order valence-corrected chi connectivity index (χ4v) is 4.40. The van der Waals surface area contributed by atoms with E-state index in [2.05, 4.69) is 0 Å². The van der Waals surface area contributed by atoms with Crippen LogP contribution in [0.15, 0.2) is 23.1 Å². The van der Waals surface area contributed by atoms with Crippen molar-refractivity contribution < 1.29 is 13.3 Å². The monoisotopic (exact) mass is 318 g/mol. The Kier molecular flexibility index (Phi) is 4.31. The smallest absolute Gasteiger partial charge is 0.258 e. The first kappa shape index (κ1) is 15.2. The molecule has 1 aromatic carbocycles. The van der Waals surface area contributed by atoms with Crippen molar-refractivity contribution in [3.63, 3.8) is 0 Å². The molecule has 0 aromatic heterocycles. The Morgan fingerprint density at radius 3 is 2.75 bits per heavy atom.